The largest absolute Gasteiger partial charge is 0.493 e. The Labute approximate surface area is 83.1 Å². The third-order valence-electron chi connectivity index (χ3n) is 1.72. The lowest BCUT2D eigenvalue weighted by Crippen LogP contribution is -1.99. The molecule has 0 fully saturated rings. The number of hydrogen-bond acceptors (Lipinski definition) is 2. The van der Waals surface area contributed by atoms with Crippen molar-refractivity contribution in [3.05, 3.63) is 28.8 Å². The van der Waals surface area contributed by atoms with E-state index in [2.05, 4.69) is 0 Å². The fourth-order valence-electron chi connectivity index (χ4n) is 1.13. The zero-order valence-corrected chi connectivity index (χ0v) is 8.51. The fourth-order valence-corrected chi connectivity index (χ4v) is 1.31. The second kappa shape index (κ2) is 4.49. The molecule has 1 atom stereocenters. The summed E-state index contributed by atoms with van der Waals surface area (Å²) in [5.74, 6) is 0.696. The van der Waals surface area contributed by atoms with Gasteiger partial charge in [-0.05, 0) is 32.0 Å². The van der Waals surface area contributed by atoms with Crippen LogP contribution < -0.4 is 4.74 Å². The summed E-state index contributed by atoms with van der Waals surface area (Å²) in [6.45, 7) is 4.18. The Kier molecular flexibility index (Phi) is 3.58. The molecule has 0 aliphatic rings. The summed E-state index contributed by atoms with van der Waals surface area (Å²) in [5, 5.41) is 10.0. The summed E-state index contributed by atoms with van der Waals surface area (Å²) in [5.41, 5.74) is 0.731. The van der Waals surface area contributed by atoms with Crippen molar-refractivity contribution in [2.45, 2.75) is 20.0 Å². The van der Waals surface area contributed by atoms with Crippen LogP contribution in [-0.4, -0.2) is 11.7 Å². The number of rotatable bonds is 3. The summed E-state index contributed by atoms with van der Waals surface area (Å²) in [6, 6.07) is 5.24. The molecule has 3 heteroatoms. The first kappa shape index (κ1) is 10.4. The normalized spacial score (nSPS) is 12.6. The van der Waals surface area contributed by atoms with Crippen molar-refractivity contribution < 1.29 is 9.84 Å². The average Bonchev–Trinajstić information content (AvgIpc) is 2.08. The first-order chi connectivity index (χ1) is 6.15. The Morgan fingerprint density at radius 3 is 2.77 bits per heavy atom. The molecule has 0 radical (unpaired) electrons. The molecule has 1 rings (SSSR count). The highest BCUT2D eigenvalue weighted by Crippen LogP contribution is 2.28. The van der Waals surface area contributed by atoms with Gasteiger partial charge in [0.15, 0.2) is 0 Å². The van der Waals surface area contributed by atoms with Crippen LogP contribution in [0.3, 0.4) is 0 Å². The molecule has 1 N–H and O–H groups in total. The maximum Gasteiger partial charge on any atom is 0.125 e. The van der Waals surface area contributed by atoms with Gasteiger partial charge in [0, 0.05) is 10.6 Å². The lowest BCUT2D eigenvalue weighted by atomic mass is 10.1. The number of aliphatic hydroxyl groups is 1. The van der Waals surface area contributed by atoms with Gasteiger partial charge < -0.3 is 9.84 Å². The summed E-state index contributed by atoms with van der Waals surface area (Å²) in [7, 11) is 0. The van der Waals surface area contributed by atoms with Crippen LogP contribution >= 0.6 is 11.6 Å². The van der Waals surface area contributed by atoms with Crippen molar-refractivity contribution in [2.24, 2.45) is 0 Å². The zero-order chi connectivity index (χ0) is 9.84. The molecular formula is C10H13ClO2. The lowest BCUT2D eigenvalue weighted by molar-refractivity contribution is 0.192. The van der Waals surface area contributed by atoms with Crippen molar-refractivity contribution >= 4 is 11.6 Å². The molecule has 0 aromatic heterocycles. The molecule has 2 nitrogen and oxygen atoms in total. The topological polar surface area (TPSA) is 29.5 Å². The van der Waals surface area contributed by atoms with Gasteiger partial charge in [0.25, 0.3) is 0 Å². The van der Waals surface area contributed by atoms with Crippen molar-refractivity contribution in [1.82, 2.24) is 0 Å². The molecule has 0 aliphatic heterocycles. The van der Waals surface area contributed by atoms with Crippen LogP contribution in [-0.2, 0) is 0 Å². The molecule has 0 aliphatic carbocycles. The maximum absolute atomic E-state index is 9.42. The van der Waals surface area contributed by atoms with Crippen LogP contribution in [0.2, 0.25) is 5.02 Å². The van der Waals surface area contributed by atoms with E-state index in [0.29, 0.717) is 17.4 Å². The van der Waals surface area contributed by atoms with E-state index in [0.717, 1.165) is 5.56 Å². The molecule has 0 bridgehead atoms. The number of ether oxygens (including phenoxy) is 1. The smallest absolute Gasteiger partial charge is 0.125 e. The predicted octanol–water partition coefficient (Wildman–Crippen LogP) is 2.79. The standard InChI is InChI=1S/C10H13ClO2/c1-3-13-10-5-4-8(11)6-9(10)7(2)12/h4-7,12H,3H2,1-2H3/t7-/m1/s1. The molecule has 13 heavy (non-hydrogen) atoms. The van der Waals surface area contributed by atoms with E-state index >= 15 is 0 Å². The molecule has 0 saturated heterocycles. The molecule has 0 amide bonds. The highest BCUT2D eigenvalue weighted by molar-refractivity contribution is 6.30. The van der Waals surface area contributed by atoms with E-state index in [9.17, 15) is 5.11 Å². The molecule has 0 heterocycles. The zero-order valence-electron chi connectivity index (χ0n) is 7.75. The quantitative estimate of drug-likeness (QED) is 0.813. The molecule has 0 saturated carbocycles. The number of aliphatic hydroxyl groups excluding tert-OH is 1. The van der Waals surface area contributed by atoms with Crippen molar-refractivity contribution in [1.29, 1.82) is 0 Å². The van der Waals surface area contributed by atoms with Crippen LogP contribution in [0.4, 0.5) is 0 Å². The van der Waals surface area contributed by atoms with Gasteiger partial charge in [0.1, 0.15) is 5.75 Å². The molecule has 0 spiro atoms. The van der Waals surface area contributed by atoms with E-state index in [1.807, 2.05) is 6.92 Å². The minimum absolute atomic E-state index is 0.555. The predicted molar refractivity (Wildman–Crippen MR) is 53.3 cm³/mol. The van der Waals surface area contributed by atoms with E-state index in [1.165, 1.54) is 0 Å². The maximum atomic E-state index is 9.42. The first-order valence-corrected chi connectivity index (χ1v) is 4.63. The molecule has 0 unspecified atom stereocenters. The second-order valence-corrected chi connectivity index (χ2v) is 3.23. The minimum atomic E-state index is -0.555. The Balaban J connectivity index is 3.03. The van der Waals surface area contributed by atoms with E-state index < -0.39 is 6.10 Å². The van der Waals surface area contributed by atoms with Crippen LogP contribution in [0.25, 0.3) is 0 Å². The summed E-state index contributed by atoms with van der Waals surface area (Å²) in [6.07, 6.45) is -0.555. The monoisotopic (exact) mass is 200 g/mol. The molecular weight excluding hydrogens is 188 g/mol. The second-order valence-electron chi connectivity index (χ2n) is 2.79. The highest BCUT2D eigenvalue weighted by Gasteiger charge is 2.08. The Hall–Kier alpha value is -0.730. The van der Waals surface area contributed by atoms with Gasteiger partial charge >= 0.3 is 0 Å². The Morgan fingerprint density at radius 2 is 2.23 bits per heavy atom. The van der Waals surface area contributed by atoms with Gasteiger partial charge in [-0.3, -0.25) is 0 Å². The SMILES string of the molecule is CCOc1ccc(Cl)cc1[C@@H](C)O. The van der Waals surface area contributed by atoms with E-state index in [-0.39, 0.29) is 0 Å². The summed E-state index contributed by atoms with van der Waals surface area (Å²) < 4.78 is 5.33. The number of halogens is 1. The van der Waals surface area contributed by atoms with Crippen molar-refractivity contribution in [3.63, 3.8) is 0 Å². The lowest BCUT2D eigenvalue weighted by Gasteiger charge is -2.12. The summed E-state index contributed by atoms with van der Waals surface area (Å²) >= 11 is 5.79. The van der Waals surface area contributed by atoms with Crippen LogP contribution in [0.1, 0.15) is 25.5 Å². The van der Waals surface area contributed by atoms with Gasteiger partial charge in [0.05, 0.1) is 12.7 Å². The first-order valence-electron chi connectivity index (χ1n) is 4.25. The van der Waals surface area contributed by atoms with E-state index in [1.54, 1.807) is 25.1 Å². The fraction of sp³-hybridized carbons (Fsp3) is 0.400. The van der Waals surface area contributed by atoms with Crippen LogP contribution in [0.5, 0.6) is 5.75 Å². The minimum Gasteiger partial charge on any atom is -0.493 e. The third kappa shape index (κ3) is 2.61. The van der Waals surface area contributed by atoms with Gasteiger partial charge in [-0.1, -0.05) is 11.6 Å². The van der Waals surface area contributed by atoms with Crippen molar-refractivity contribution in [3.8, 4) is 5.75 Å². The molecule has 72 valence electrons. The Morgan fingerprint density at radius 1 is 1.54 bits per heavy atom. The highest BCUT2D eigenvalue weighted by atomic mass is 35.5. The van der Waals surface area contributed by atoms with Gasteiger partial charge in [0.2, 0.25) is 0 Å². The van der Waals surface area contributed by atoms with Crippen molar-refractivity contribution in [2.75, 3.05) is 6.61 Å². The third-order valence-corrected chi connectivity index (χ3v) is 1.96. The average molecular weight is 201 g/mol. The molecule has 1 aromatic rings. The van der Waals surface area contributed by atoms with Gasteiger partial charge in [-0.25, -0.2) is 0 Å². The summed E-state index contributed by atoms with van der Waals surface area (Å²) in [4.78, 5) is 0. The van der Waals surface area contributed by atoms with Crippen LogP contribution in [0, 0.1) is 0 Å². The van der Waals surface area contributed by atoms with E-state index in [4.69, 9.17) is 16.3 Å². The number of hydrogen-bond donors (Lipinski definition) is 1. The van der Waals surface area contributed by atoms with Crippen LogP contribution in [0.15, 0.2) is 18.2 Å². The number of benzene rings is 1. The molecule has 1 aromatic carbocycles. The Bertz CT molecular complexity index is 284. The van der Waals surface area contributed by atoms with Gasteiger partial charge in [-0.2, -0.15) is 0 Å². The van der Waals surface area contributed by atoms with Gasteiger partial charge in [-0.15, -0.1) is 0 Å².